The van der Waals surface area contributed by atoms with Gasteiger partial charge in [-0.15, -0.1) is 0 Å². The van der Waals surface area contributed by atoms with Crippen LogP contribution in [0.25, 0.3) is 93.6 Å². The molecule has 0 amide bonds. The Morgan fingerprint density at radius 1 is 0.444 bits per heavy atom. The van der Waals surface area contributed by atoms with Crippen LogP contribution in [0.2, 0.25) is 0 Å². The summed E-state index contributed by atoms with van der Waals surface area (Å²) in [6.07, 6.45) is 0. The van der Waals surface area contributed by atoms with Crippen LogP contribution in [0.3, 0.4) is 0 Å². The van der Waals surface area contributed by atoms with E-state index in [1.54, 1.807) is 0 Å². The van der Waals surface area contributed by atoms with E-state index in [4.69, 9.17) is 18.2 Å². The second-order valence-corrected chi connectivity index (χ2v) is 14.3. The van der Waals surface area contributed by atoms with Gasteiger partial charge in [0, 0.05) is 49.1 Å². The second-order valence-electron chi connectivity index (χ2n) is 14.3. The molecule has 250 valence electrons. The largest absolute Gasteiger partial charge is 0.551 e. The van der Waals surface area contributed by atoms with Gasteiger partial charge in [-0.2, -0.15) is 0 Å². The van der Waals surface area contributed by atoms with Crippen LogP contribution < -0.4 is 20.3 Å². The van der Waals surface area contributed by atoms with Crippen molar-refractivity contribution in [2.75, 3.05) is 0 Å². The highest BCUT2D eigenvalue weighted by Crippen LogP contribution is 2.46. The Bertz CT molecular complexity index is 3370. The smallest absolute Gasteiger partial charge is 0.434 e. The van der Waals surface area contributed by atoms with E-state index < -0.39 is 0 Å². The summed E-state index contributed by atoms with van der Waals surface area (Å²) in [4.78, 5) is 0. The van der Waals surface area contributed by atoms with Crippen molar-refractivity contribution in [3.8, 4) is 45.2 Å². The molecule has 0 aliphatic carbocycles. The molecule has 0 bridgehead atoms. The van der Waals surface area contributed by atoms with Gasteiger partial charge < -0.3 is 22.8 Å². The lowest BCUT2D eigenvalue weighted by Crippen LogP contribution is -2.53. The predicted molar refractivity (Wildman–Crippen MR) is 218 cm³/mol. The minimum Gasteiger partial charge on any atom is -0.551 e. The molecule has 3 aromatic heterocycles. The standard InChI is InChI=1S/C48H26BNO4/c1-5-15-37-30(10-1)31-11-2-6-16-38(31)50(37)28-20-22-41-36(26-28)49-47-35(33-13-4-8-18-40(33)54-49)24-27(25-44(47)51-41)29-14-9-19-42-45(29)46-43(52-42)23-21-34-32-12-3-7-17-39(32)53-48(34)46/h1-26H. The highest BCUT2D eigenvalue weighted by Gasteiger charge is 2.41. The summed E-state index contributed by atoms with van der Waals surface area (Å²) in [7, 11) is 0. The lowest BCUT2D eigenvalue weighted by Gasteiger charge is -2.33. The van der Waals surface area contributed by atoms with Crippen LogP contribution in [0.15, 0.2) is 167 Å². The number of hydrogen-bond donors (Lipinski definition) is 0. The van der Waals surface area contributed by atoms with E-state index in [2.05, 4.69) is 138 Å². The summed E-state index contributed by atoms with van der Waals surface area (Å²) >= 11 is 0. The first kappa shape index (κ1) is 28.4. The van der Waals surface area contributed by atoms with Crippen molar-refractivity contribution in [3.05, 3.63) is 158 Å². The highest BCUT2D eigenvalue weighted by molar-refractivity contribution is 6.84. The molecule has 8 aromatic carbocycles. The number of rotatable bonds is 2. The lowest BCUT2D eigenvalue weighted by molar-refractivity contribution is 0.479. The SMILES string of the molecule is c1ccc2c(c1)OB1c3cc(-n4c5ccccc5c5ccccc54)ccc3Oc3cc(-c4cccc5oc6ccc7c8ccccc8oc7c6c45)cc-2c31. The Hall–Kier alpha value is -7.18. The maximum Gasteiger partial charge on any atom is 0.434 e. The molecule has 5 nitrogen and oxygen atoms in total. The van der Waals surface area contributed by atoms with Crippen LogP contribution >= 0.6 is 0 Å². The van der Waals surface area contributed by atoms with Gasteiger partial charge in [0.2, 0.25) is 0 Å². The summed E-state index contributed by atoms with van der Waals surface area (Å²) in [6, 6.07) is 55.1. The van der Waals surface area contributed by atoms with Crippen molar-refractivity contribution >= 4 is 83.5 Å². The zero-order valence-corrected chi connectivity index (χ0v) is 28.7. The molecule has 0 saturated heterocycles. The van der Waals surface area contributed by atoms with Gasteiger partial charge in [0.05, 0.1) is 16.4 Å². The van der Waals surface area contributed by atoms with Crippen molar-refractivity contribution in [1.29, 1.82) is 0 Å². The summed E-state index contributed by atoms with van der Waals surface area (Å²) in [5.41, 5.74) is 13.0. The van der Waals surface area contributed by atoms with E-state index in [-0.39, 0.29) is 6.92 Å². The van der Waals surface area contributed by atoms with Crippen LogP contribution in [0.1, 0.15) is 0 Å². The first-order valence-corrected chi connectivity index (χ1v) is 18.3. The Morgan fingerprint density at radius 3 is 2.04 bits per heavy atom. The van der Waals surface area contributed by atoms with Gasteiger partial charge >= 0.3 is 6.92 Å². The van der Waals surface area contributed by atoms with Gasteiger partial charge in [-0.3, -0.25) is 0 Å². The third-order valence-corrected chi connectivity index (χ3v) is 11.5. The number of para-hydroxylation sites is 4. The second kappa shape index (κ2) is 10.2. The molecule has 5 heterocycles. The Labute approximate surface area is 308 Å². The Balaban J connectivity index is 1.04. The summed E-state index contributed by atoms with van der Waals surface area (Å²) in [5.74, 6) is 2.43. The molecule has 54 heavy (non-hydrogen) atoms. The topological polar surface area (TPSA) is 49.7 Å². The fourth-order valence-corrected chi connectivity index (χ4v) is 9.17. The normalized spacial score (nSPS) is 13.1. The summed E-state index contributed by atoms with van der Waals surface area (Å²) in [6.45, 7) is -0.350. The fourth-order valence-electron chi connectivity index (χ4n) is 9.17. The van der Waals surface area contributed by atoms with Gasteiger partial charge in [-0.25, -0.2) is 0 Å². The lowest BCUT2D eigenvalue weighted by atomic mass is 9.50. The minimum absolute atomic E-state index is 0.350. The number of aromatic nitrogens is 1. The number of furan rings is 2. The average Bonchev–Trinajstić information content (AvgIpc) is 3.90. The van der Waals surface area contributed by atoms with Crippen molar-refractivity contribution < 1.29 is 18.2 Å². The number of benzene rings is 8. The van der Waals surface area contributed by atoms with Crippen LogP contribution in [-0.4, -0.2) is 11.5 Å². The molecule has 6 heteroatoms. The average molecular weight is 692 g/mol. The zero-order valence-electron chi connectivity index (χ0n) is 28.7. The molecule has 11 aromatic rings. The summed E-state index contributed by atoms with van der Waals surface area (Å²) < 4.78 is 29.2. The van der Waals surface area contributed by atoms with Gasteiger partial charge in [0.15, 0.2) is 0 Å². The monoisotopic (exact) mass is 691 g/mol. The quantitative estimate of drug-likeness (QED) is 0.169. The molecule has 13 rings (SSSR count). The van der Waals surface area contributed by atoms with Crippen LogP contribution in [0.5, 0.6) is 17.2 Å². The van der Waals surface area contributed by atoms with Gasteiger partial charge in [-0.1, -0.05) is 84.9 Å². The van der Waals surface area contributed by atoms with E-state index in [1.807, 2.05) is 24.3 Å². The summed E-state index contributed by atoms with van der Waals surface area (Å²) in [5, 5.41) is 6.62. The predicted octanol–water partition coefficient (Wildman–Crippen LogP) is 11.5. The molecule has 0 atom stereocenters. The fraction of sp³-hybridized carbons (Fsp3) is 0. The molecule has 0 unspecified atom stereocenters. The van der Waals surface area contributed by atoms with Crippen LogP contribution in [0.4, 0.5) is 0 Å². The number of nitrogens with zero attached hydrogens (tertiary/aromatic N) is 1. The minimum atomic E-state index is -0.350. The maximum absolute atomic E-state index is 6.93. The van der Waals surface area contributed by atoms with Crippen molar-refractivity contribution in [3.63, 3.8) is 0 Å². The molecule has 0 N–H and O–H groups in total. The Kier molecular flexibility index (Phi) is 5.39. The first-order chi connectivity index (χ1) is 26.8. The van der Waals surface area contributed by atoms with E-state index in [0.29, 0.717) is 0 Å². The molecule has 0 spiro atoms. The van der Waals surface area contributed by atoms with Gasteiger partial charge in [-0.05, 0) is 89.5 Å². The van der Waals surface area contributed by atoms with Crippen LogP contribution in [-0.2, 0) is 0 Å². The van der Waals surface area contributed by atoms with Crippen molar-refractivity contribution in [2.45, 2.75) is 0 Å². The molecule has 2 aliphatic rings. The van der Waals surface area contributed by atoms with Crippen LogP contribution in [0, 0.1) is 0 Å². The van der Waals surface area contributed by atoms with Gasteiger partial charge in [0.25, 0.3) is 0 Å². The molecular formula is C48H26BNO4. The molecule has 0 saturated carbocycles. The Morgan fingerprint density at radius 2 is 1.17 bits per heavy atom. The molecule has 2 aliphatic heterocycles. The first-order valence-electron chi connectivity index (χ1n) is 18.3. The molecular weight excluding hydrogens is 665 g/mol. The van der Waals surface area contributed by atoms with Gasteiger partial charge in [0.1, 0.15) is 39.6 Å². The number of fused-ring (bicyclic) bond motifs is 14. The third-order valence-electron chi connectivity index (χ3n) is 11.5. The van der Waals surface area contributed by atoms with Crippen molar-refractivity contribution in [2.24, 2.45) is 0 Å². The zero-order chi connectivity index (χ0) is 35.1. The third kappa shape index (κ3) is 3.69. The van der Waals surface area contributed by atoms with Crippen molar-refractivity contribution in [1.82, 2.24) is 4.57 Å². The number of hydrogen-bond acceptors (Lipinski definition) is 4. The maximum atomic E-state index is 6.93. The van der Waals surface area contributed by atoms with E-state index in [0.717, 1.165) is 111 Å². The van der Waals surface area contributed by atoms with E-state index in [1.165, 1.54) is 10.8 Å². The van der Waals surface area contributed by atoms with E-state index in [9.17, 15) is 0 Å². The number of ether oxygens (including phenoxy) is 1. The molecule has 0 fully saturated rings. The molecule has 0 radical (unpaired) electrons. The van der Waals surface area contributed by atoms with E-state index >= 15 is 0 Å². The highest BCUT2D eigenvalue weighted by atomic mass is 16.5.